The van der Waals surface area contributed by atoms with E-state index in [1.165, 1.54) is 12.5 Å². The number of imidazole rings is 1. The number of aromatic amines is 2. The number of amides is 3. The van der Waals surface area contributed by atoms with Gasteiger partial charge in [0.1, 0.15) is 23.0 Å². The molecule has 10 heteroatoms. The van der Waals surface area contributed by atoms with Crippen LogP contribution in [0.3, 0.4) is 0 Å². The number of fused-ring (bicyclic) bond motifs is 1. The first-order chi connectivity index (χ1) is 15.4. The normalized spacial score (nSPS) is 12.8. The number of nitrogens with zero attached hydrogens (tertiary/aromatic N) is 1. The van der Waals surface area contributed by atoms with Gasteiger partial charge in [-0.05, 0) is 46.2 Å². The van der Waals surface area contributed by atoms with Crippen molar-refractivity contribution >= 4 is 34.6 Å². The second kappa shape index (κ2) is 9.35. The standard InChI is InChI=1S/C23H30N6O4/c1-22(2,3)33-21(32)29-23(4,5)20(31)27-17(19(30)28-18-12-24-13-26-18)10-14-11-25-16-9-7-6-8-15(14)16/h6-9,11-13,17,25H,10H2,1-5H3,(H,24,26)(H,27,31)(H,28,30)(H,29,32)/t17-/m1/s1. The molecule has 5 N–H and O–H groups in total. The lowest BCUT2D eigenvalue weighted by Gasteiger charge is -2.29. The summed E-state index contributed by atoms with van der Waals surface area (Å²) in [5, 5.41) is 9.01. The van der Waals surface area contributed by atoms with Crippen molar-refractivity contribution in [2.75, 3.05) is 5.32 Å². The maximum absolute atomic E-state index is 13.1. The maximum Gasteiger partial charge on any atom is 0.408 e. The molecule has 2 aromatic heterocycles. The SMILES string of the molecule is CC(C)(C)OC(=O)NC(C)(C)C(=O)N[C@H](Cc1c[nH]c2ccccc12)C(=O)Nc1cnc[nH]1. The quantitative estimate of drug-likeness (QED) is 0.373. The zero-order chi connectivity index (χ0) is 24.2. The Morgan fingerprint density at radius 1 is 1.09 bits per heavy atom. The Balaban J connectivity index is 1.78. The van der Waals surface area contributed by atoms with E-state index in [4.69, 9.17) is 4.74 Å². The third kappa shape index (κ3) is 6.34. The predicted molar refractivity (Wildman–Crippen MR) is 125 cm³/mol. The number of para-hydroxylation sites is 1. The number of hydrogen-bond acceptors (Lipinski definition) is 5. The number of anilines is 1. The predicted octanol–water partition coefficient (Wildman–Crippen LogP) is 2.86. The molecular weight excluding hydrogens is 424 g/mol. The Kier molecular flexibility index (Phi) is 6.75. The summed E-state index contributed by atoms with van der Waals surface area (Å²) in [5.41, 5.74) is -0.236. The number of benzene rings is 1. The summed E-state index contributed by atoms with van der Waals surface area (Å²) in [5.74, 6) is -0.548. The summed E-state index contributed by atoms with van der Waals surface area (Å²) in [6, 6.07) is 6.79. The van der Waals surface area contributed by atoms with Gasteiger partial charge in [0.15, 0.2) is 0 Å². The van der Waals surface area contributed by atoms with Crippen LogP contribution >= 0.6 is 0 Å². The third-order valence-electron chi connectivity index (χ3n) is 4.86. The molecule has 10 nitrogen and oxygen atoms in total. The molecule has 1 atom stereocenters. The summed E-state index contributed by atoms with van der Waals surface area (Å²) in [6.07, 6.45) is 4.24. The fourth-order valence-corrected chi connectivity index (χ4v) is 3.23. The van der Waals surface area contributed by atoms with Crippen molar-refractivity contribution in [3.05, 3.63) is 48.5 Å². The highest BCUT2D eigenvalue weighted by Gasteiger charge is 2.34. The van der Waals surface area contributed by atoms with Crippen LogP contribution in [-0.2, 0) is 20.7 Å². The van der Waals surface area contributed by atoms with Crippen LogP contribution in [-0.4, -0.2) is 50.0 Å². The van der Waals surface area contributed by atoms with Gasteiger partial charge >= 0.3 is 6.09 Å². The first kappa shape index (κ1) is 23.8. The van der Waals surface area contributed by atoms with Gasteiger partial charge in [0.25, 0.3) is 0 Å². The zero-order valence-electron chi connectivity index (χ0n) is 19.4. The van der Waals surface area contributed by atoms with E-state index in [0.717, 1.165) is 16.5 Å². The molecule has 176 valence electrons. The van der Waals surface area contributed by atoms with Crippen LogP contribution in [0, 0.1) is 0 Å². The van der Waals surface area contributed by atoms with Crippen molar-refractivity contribution < 1.29 is 19.1 Å². The van der Waals surface area contributed by atoms with E-state index in [0.29, 0.717) is 5.82 Å². The molecular formula is C23H30N6O4. The first-order valence-corrected chi connectivity index (χ1v) is 10.6. The number of alkyl carbamates (subject to hydrolysis) is 1. The molecule has 0 bridgehead atoms. The van der Waals surface area contributed by atoms with E-state index in [9.17, 15) is 14.4 Å². The zero-order valence-corrected chi connectivity index (χ0v) is 19.4. The molecule has 0 saturated carbocycles. The van der Waals surface area contributed by atoms with E-state index < -0.39 is 35.1 Å². The summed E-state index contributed by atoms with van der Waals surface area (Å²) in [7, 11) is 0. The van der Waals surface area contributed by atoms with Crippen molar-refractivity contribution in [2.24, 2.45) is 0 Å². The van der Waals surface area contributed by atoms with Gasteiger partial charge in [-0.25, -0.2) is 9.78 Å². The lowest BCUT2D eigenvalue weighted by atomic mass is 10.0. The first-order valence-electron chi connectivity index (χ1n) is 10.6. The number of carbonyl (C=O) groups excluding carboxylic acids is 3. The Morgan fingerprint density at radius 2 is 1.82 bits per heavy atom. The molecule has 2 heterocycles. The summed E-state index contributed by atoms with van der Waals surface area (Å²) >= 11 is 0. The molecule has 0 aliphatic heterocycles. The van der Waals surface area contributed by atoms with Crippen LogP contribution in [0.4, 0.5) is 10.6 Å². The number of carbonyl (C=O) groups is 3. The van der Waals surface area contributed by atoms with Gasteiger partial charge in [-0.15, -0.1) is 0 Å². The van der Waals surface area contributed by atoms with E-state index >= 15 is 0 Å². The molecule has 0 spiro atoms. The van der Waals surface area contributed by atoms with E-state index in [1.54, 1.807) is 34.6 Å². The van der Waals surface area contributed by atoms with Gasteiger partial charge in [-0.3, -0.25) is 9.59 Å². The van der Waals surface area contributed by atoms with Gasteiger partial charge in [-0.1, -0.05) is 18.2 Å². The summed E-state index contributed by atoms with van der Waals surface area (Å²) < 4.78 is 5.26. The second-order valence-electron chi connectivity index (χ2n) is 9.30. The smallest absolute Gasteiger partial charge is 0.408 e. The van der Waals surface area contributed by atoms with Crippen LogP contribution in [0.1, 0.15) is 40.2 Å². The van der Waals surface area contributed by atoms with Crippen molar-refractivity contribution in [1.82, 2.24) is 25.6 Å². The molecule has 0 unspecified atom stereocenters. The molecule has 0 saturated heterocycles. The van der Waals surface area contributed by atoms with Gasteiger partial charge in [0, 0.05) is 23.5 Å². The maximum atomic E-state index is 13.1. The van der Waals surface area contributed by atoms with E-state index in [-0.39, 0.29) is 6.42 Å². The van der Waals surface area contributed by atoms with Crippen molar-refractivity contribution in [3.63, 3.8) is 0 Å². The van der Waals surface area contributed by atoms with Crippen LogP contribution in [0.2, 0.25) is 0 Å². The molecule has 0 aliphatic rings. The average Bonchev–Trinajstić information content (AvgIpc) is 3.35. The molecule has 3 amide bonds. The largest absolute Gasteiger partial charge is 0.444 e. The molecule has 1 aromatic carbocycles. The average molecular weight is 455 g/mol. The Labute approximate surface area is 191 Å². The summed E-state index contributed by atoms with van der Waals surface area (Å²) in [6.45, 7) is 8.29. The highest BCUT2D eigenvalue weighted by Crippen LogP contribution is 2.20. The number of ether oxygens (including phenoxy) is 1. The lowest BCUT2D eigenvalue weighted by molar-refractivity contribution is -0.130. The van der Waals surface area contributed by atoms with Crippen LogP contribution in [0.25, 0.3) is 10.9 Å². The van der Waals surface area contributed by atoms with Crippen molar-refractivity contribution in [2.45, 2.75) is 58.2 Å². The van der Waals surface area contributed by atoms with E-state index in [2.05, 4.69) is 30.9 Å². The Hall–Kier alpha value is -3.82. The Bertz CT molecular complexity index is 1130. The van der Waals surface area contributed by atoms with Gasteiger partial charge in [0.05, 0.1) is 12.5 Å². The summed E-state index contributed by atoms with van der Waals surface area (Å²) in [4.78, 5) is 48.2. The minimum atomic E-state index is -1.32. The third-order valence-corrected chi connectivity index (χ3v) is 4.86. The minimum absolute atomic E-state index is 0.234. The highest BCUT2D eigenvalue weighted by molar-refractivity contribution is 5.99. The van der Waals surface area contributed by atoms with Gasteiger partial charge in [0.2, 0.25) is 11.8 Å². The minimum Gasteiger partial charge on any atom is -0.444 e. The number of H-pyrrole nitrogens is 2. The lowest BCUT2D eigenvalue weighted by Crippen LogP contribution is -2.59. The second-order valence-corrected chi connectivity index (χ2v) is 9.30. The van der Waals surface area contributed by atoms with Crippen molar-refractivity contribution in [1.29, 1.82) is 0 Å². The molecule has 0 radical (unpaired) electrons. The topological polar surface area (TPSA) is 141 Å². The van der Waals surface area contributed by atoms with Gasteiger partial charge < -0.3 is 30.7 Å². The monoisotopic (exact) mass is 454 g/mol. The number of hydrogen-bond donors (Lipinski definition) is 5. The number of nitrogens with one attached hydrogen (secondary N) is 5. The molecule has 0 aliphatic carbocycles. The number of rotatable bonds is 7. The molecule has 0 fully saturated rings. The highest BCUT2D eigenvalue weighted by atomic mass is 16.6. The van der Waals surface area contributed by atoms with Crippen LogP contribution < -0.4 is 16.0 Å². The number of aromatic nitrogens is 3. The Morgan fingerprint density at radius 3 is 2.48 bits per heavy atom. The fourth-order valence-electron chi connectivity index (χ4n) is 3.23. The fraction of sp³-hybridized carbons (Fsp3) is 0.391. The van der Waals surface area contributed by atoms with Gasteiger partial charge in [-0.2, -0.15) is 0 Å². The van der Waals surface area contributed by atoms with Crippen molar-refractivity contribution in [3.8, 4) is 0 Å². The van der Waals surface area contributed by atoms with Crippen LogP contribution in [0.15, 0.2) is 43.0 Å². The van der Waals surface area contributed by atoms with E-state index in [1.807, 2.05) is 30.5 Å². The van der Waals surface area contributed by atoms with Crippen LogP contribution in [0.5, 0.6) is 0 Å². The molecule has 33 heavy (non-hydrogen) atoms. The molecule has 3 aromatic rings. The molecule has 3 rings (SSSR count).